The molecule has 0 aromatic heterocycles. The summed E-state index contributed by atoms with van der Waals surface area (Å²) in [7, 11) is 1.63. The van der Waals surface area contributed by atoms with Crippen molar-refractivity contribution in [1.82, 2.24) is 4.90 Å². The van der Waals surface area contributed by atoms with Crippen LogP contribution < -0.4 is 9.47 Å². The van der Waals surface area contributed by atoms with Gasteiger partial charge in [0.1, 0.15) is 4.32 Å². The zero-order chi connectivity index (χ0) is 17.0. The number of hydrogen-bond acceptors (Lipinski definition) is 6. The quantitative estimate of drug-likeness (QED) is 0.621. The van der Waals surface area contributed by atoms with E-state index in [1.54, 1.807) is 31.3 Å². The zero-order valence-electron chi connectivity index (χ0n) is 12.6. The average molecular weight is 353 g/mol. The minimum absolute atomic E-state index is 0.149. The molecule has 1 aromatic carbocycles. The van der Waals surface area contributed by atoms with E-state index < -0.39 is 12.6 Å². The number of likely N-dealkylation sites (N-methyl/N-ethyl adjacent to an activating group) is 1. The Kier molecular flexibility index (Phi) is 5.62. The lowest BCUT2D eigenvalue weighted by Crippen LogP contribution is -2.22. The predicted octanol–water partition coefficient (Wildman–Crippen LogP) is 2.38. The molecule has 1 aliphatic rings. The average Bonchev–Trinajstić information content (AvgIpc) is 2.74. The van der Waals surface area contributed by atoms with Gasteiger partial charge in [-0.1, -0.05) is 30.0 Å². The molecule has 0 unspecified atom stereocenters. The standard InChI is InChI=1S/C15H15NO5S2/c1-3-20-11-6-9(4-5-10(11)21-8-13(17)18)7-12-14(19)16(2)15(22)23-12/h4-7H,3,8H2,1-2H3,(H,17,18)/b12-7-. The molecule has 1 aliphatic heterocycles. The first-order valence-electron chi connectivity index (χ1n) is 6.75. The van der Waals surface area contributed by atoms with Gasteiger partial charge in [-0.25, -0.2) is 4.79 Å². The number of nitrogens with zero attached hydrogens (tertiary/aromatic N) is 1. The van der Waals surface area contributed by atoms with Crippen LogP contribution in [0.1, 0.15) is 12.5 Å². The summed E-state index contributed by atoms with van der Waals surface area (Å²) in [6.45, 7) is 1.77. The van der Waals surface area contributed by atoms with E-state index in [2.05, 4.69) is 0 Å². The van der Waals surface area contributed by atoms with Gasteiger partial charge < -0.3 is 14.6 Å². The van der Waals surface area contributed by atoms with Crippen molar-refractivity contribution in [1.29, 1.82) is 0 Å². The van der Waals surface area contributed by atoms with E-state index in [1.165, 1.54) is 16.7 Å². The van der Waals surface area contributed by atoms with Crippen LogP contribution in [-0.4, -0.2) is 46.5 Å². The number of amides is 1. The molecule has 8 heteroatoms. The summed E-state index contributed by atoms with van der Waals surface area (Å²) in [6, 6.07) is 5.04. The molecule has 1 fully saturated rings. The minimum atomic E-state index is -1.07. The van der Waals surface area contributed by atoms with Gasteiger partial charge in [-0.15, -0.1) is 0 Å². The monoisotopic (exact) mass is 353 g/mol. The second-order valence-corrected chi connectivity index (χ2v) is 6.24. The van der Waals surface area contributed by atoms with Crippen molar-refractivity contribution in [3.63, 3.8) is 0 Å². The van der Waals surface area contributed by atoms with Crippen molar-refractivity contribution < 1.29 is 24.2 Å². The summed E-state index contributed by atoms with van der Waals surface area (Å²) >= 11 is 6.32. The van der Waals surface area contributed by atoms with Crippen LogP contribution in [0.2, 0.25) is 0 Å². The molecule has 0 saturated carbocycles. The normalized spacial score (nSPS) is 16.1. The zero-order valence-corrected chi connectivity index (χ0v) is 14.2. The molecule has 6 nitrogen and oxygen atoms in total. The Morgan fingerprint density at radius 3 is 2.70 bits per heavy atom. The topological polar surface area (TPSA) is 76.1 Å². The molecule has 0 radical (unpaired) electrons. The van der Waals surface area contributed by atoms with E-state index in [4.69, 9.17) is 26.8 Å². The predicted molar refractivity (Wildman–Crippen MR) is 91.7 cm³/mol. The molecule has 1 aromatic rings. The Balaban J connectivity index is 2.27. The molecule has 0 atom stereocenters. The molecule has 2 rings (SSSR count). The summed E-state index contributed by atoms with van der Waals surface area (Å²) in [6.07, 6.45) is 1.71. The van der Waals surface area contributed by atoms with E-state index in [9.17, 15) is 9.59 Å². The maximum absolute atomic E-state index is 12.0. The number of carbonyl (C=O) groups is 2. The molecule has 23 heavy (non-hydrogen) atoms. The van der Waals surface area contributed by atoms with Crippen LogP contribution in [0.3, 0.4) is 0 Å². The Morgan fingerprint density at radius 2 is 2.13 bits per heavy atom. The third-order valence-corrected chi connectivity index (χ3v) is 4.39. The van der Waals surface area contributed by atoms with E-state index >= 15 is 0 Å². The van der Waals surface area contributed by atoms with Crippen LogP contribution in [0.25, 0.3) is 6.08 Å². The van der Waals surface area contributed by atoms with E-state index in [0.29, 0.717) is 27.3 Å². The molecule has 1 N–H and O–H groups in total. The molecule has 0 aliphatic carbocycles. The highest BCUT2D eigenvalue weighted by Crippen LogP contribution is 2.34. The Morgan fingerprint density at radius 1 is 1.39 bits per heavy atom. The summed E-state index contributed by atoms with van der Waals surface area (Å²) in [5, 5.41) is 8.69. The van der Waals surface area contributed by atoms with Gasteiger partial charge in [-0.05, 0) is 30.7 Å². The first-order valence-corrected chi connectivity index (χ1v) is 7.98. The number of hydrogen-bond donors (Lipinski definition) is 1. The highest BCUT2D eigenvalue weighted by molar-refractivity contribution is 8.26. The van der Waals surface area contributed by atoms with Crippen molar-refractivity contribution >= 4 is 46.3 Å². The second kappa shape index (κ2) is 7.47. The molecule has 0 bridgehead atoms. The minimum Gasteiger partial charge on any atom is -0.490 e. The lowest BCUT2D eigenvalue weighted by Gasteiger charge is -2.11. The molecular weight excluding hydrogens is 338 g/mol. The number of carbonyl (C=O) groups excluding carboxylic acids is 1. The number of benzene rings is 1. The summed E-state index contributed by atoms with van der Waals surface area (Å²) in [4.78, 5) is 24.6. The third-order valence-electron chi connectivity index (χ3n) is 2.90. The van der Waals surface area contributed by atoms with Crippen molar-refractivity contribution in [3.8, 4) is 11.5 Å². The molecule has 0 spiro atoms. The van der Waals surface area contributed by atoms with Crippen LogP contribution in [0, 0.1) is 0 Å². The number of thioether (sulfide) groups is 1. The van der Waals surface area contributed by atoms with Gasteiger partial charge in [-0.2, -0.15) is 0 Å². The highest BCUT2D eigenvalue weighted by Gasteiger charge is 2.28. The Bertz CT molecular complexity index is 686. The maximum Gasteiger partial charge on any atom is 0.341 e. The largest absolute Gasteiger partial charge is 0.490 e. The second-order valence-electron chi connectivity index (χ2n) is 4.56. The van der Waals surface area contributed by atoms with Crippen LogP contribution in [-0.2, 0) is 9.59 Å². The SMILES string of the molecule is CCOc1cc(/C=C2\SC(=S)N(C)C2=O)ccc1OCC(=O)O. The fraction of sp³-hybridized carbons (Fsp3) is 0.267. The number of aliphatic carboxylic acids is 1. The maximum atomic E-state index is 12.0. The van der Waals surface area contributed by atoms with Gasteiger partial charge >= 0.3 is 5.97 Å². The van der Waals surface area contributed by atoms with Crippen LogP contribution in [0.4, 0.5) is 0 Å². The molecule has 1 saturated heterocycles. The van der Waals surface area contributed by atoms with Gasteiger partial charge in [0.15, 0.2) is 18.1 Å². The van der Waals surface area contributed by atoms with E-state index in [1.807, 2.05) is 6.92 Å². The molecular formula is C15H15NO5S2. The fourth-order valence-corrected chi connectivity index (χ4v) is 3.02. The lowest BCUT2D eigenvalue weighted by atomic mass is 10.2. The number of carboxylic acids is 1. The van der Waals surface area contributed by atoms with Gasteiger partial charge in [-0.3, -0.25) is 9.69 Å². The number of ether oxygens (including phenoxy) is 2. The number of rotatable bonds is 6. The van der Waals surface area contributed by atoms with E-state index in [0.717, 1.165) is 5.56 Å². The van der Waals surface area contributed by atoms with E-state index in [-0.39, 0.29) is 5.91 Å². The fourth-order valence-electron chi connectivity index (χ4n) is 1.84. The Labute approximate surface area is 143 Å². The van der Waals surface area contributed by atoms with Gasteiger partial charge in [0.05, 0.1) is 11.5 Å². The molecule has 122 valence electrons. The van der Waals surface area contributed by atoms with Crippen molar-refractivity contribution in [3.05, 3.63) is 28.7 Å². The van der Waals surface area contributed by atoms with Crippen LogP contribution >= 0.6 is 24.0 Å². The van der Waals surface area contributed by atoms with Crippen molar-refractivity contribution in [2.75, 3.05) is 20.3 Å². The lowest BCUT2D eigenvalue weighted by molar-refractivity contribution is -0.139. The first-order chi connectivity index (χ1) is 10.9. The number of thiocarbonyl (C=S) groups is 1. The van der Waals surface area contributed by atoms with Gasteiger partial charge in [0.2, 0.25) is 0 Å². The summed E-state index contributed by atoms with van der Waals surface area (Å²) < 4.78 is 11.2. The van der Waals surface area contributed by atoms with Crippen LogP contribution in [0.15, 0.2) is 23.1 Å². The molecule has 1 amide bonds. The molecule has 1 heterocycles. The summed E-state index contributed by atoms with van der Waals surface area (Å²) in [5.41, 5.74) is 0.741. The van der Waals surface area contributed by atoms with Gasteiger partial charge in [0.25, 0.3) is 5.91 Å². The van der Waals surface area contributed by atoms with Crippen LogP contribution in [0.5, 0.6) is 11.5 Å². The van der Waals surface area contributed by atoms with Crippen molar-refractivity contribution in [2.45, 2.75) is 6.92 Å². The van der Waals surface area contributed by atoms with Crippen molar-refractivity contribution in [2.24, 2.45) is 0 Å². The first kappa shape index (κ1) is 17.3. The van der Waals surface area contributed by atoms with Gasteiger partial charge in [0, 0.05) is 7.05 Å². The summed E-state index contributed by atoms with van der Waals surface area (Å²) in [5.74, 6) is -0.448. The third kappa shape index (κ3) is 4.23. The Hall–Kier alpha value is -2.06. The highest BCUT2D eigenvalue weighted by atomic mass is 32.2. The number of carboxylic acid groups (broad SMARTS) is 1. The smallest absolute Gasteiger partial charge is 0.341 e.